The Balaban J connectivity index is 2.12. The van der Waals surface area contributed by atoms with E-state index in [1.165, 1.54) is 0 Å². The molecule has 0 bridgehead atoms. The van der Waals surface area contributed by atoms with Gasteiger partial charge in [0.05, 0.1) is 10.9 Å². The smallest absolute Gasteiger partial charge is 0.250 e. The van der Waals surface area contributed by atoms with E-state index < -0.39 is 10.0 Å². The first-order valence-electron chi connectivity index (χ1n) is 5.50. The van der Waals surface area contributed by atoms with Crippen LogP contribution in [0.3, 0.4) is 0 Å². The summed E-state index contributed by atoms with van der Waals surface area (Å²) in [5, 5.41) is 0. The summed E-state index contributed by atoms with van der Waals surface area (Å²) in [6.07, 6.45) is 0. The minimum atomic E-state index is -3.51. The Bertz CT molecular complexity index is 694. The van der Waals surface area contributed by atoms with Gasteiger partial charge in [-0.15, -0.1) is 11.3 Å². The highest BCUT2D eigenvalue weighted by Crippen LogP contribution is 2.34. The molecule has 0 fully saturated rings. The van der Waals surface area contributed by atoms with E-state index in [0.29, 0.717) is 5.75 Å². The maximum Gasteiger partial charge on any atom is 0.250 e. The number of nitrogens with one attached hydrogen (secondary N) is 1. The summed E-state index contributed by atoms with van der Waals surface area (Å²) in [5.74, 6) is 0.698. The van der Waals surface area contributed by atoms with Crippen molar-refractivity contribution in [2.24, 2.45) is 0 Å². The molecule has 2 aromatic rings. The van der Waals surface area contributed by atoms with Crippen LogP contribution in [0.25, 0.3) is 0 Å². The molecule has 4 nitrogen and oxygen atoms in total. The van der Waals surface area contributed by atoms with Gasteiger partial charge in [-0.05, 0) is 55.6 Å². The molecule has 0 saturated heterocycles. The van der Waals surface area contributed by atoms with Gasteiger partial charge in [0.25, 0.3) is 0 Å². The Morgan fingerprint density at radius 2 is 2.05 bits per heavy atom. The van der Waals surface area contributed by atoms with Crippen molar-refractivity contribution < 1.29 is 13.2 Å². The van der Waals surface area contributed by atoms with Gasteiger partial charge in [0.15, 0.2) is 0 Å². The van der Waals surface area contributed by atoms with Crippen LogP contribution in [0.4, 0.5) is 0 Å². The van der Waals surface area contributed by atoms with E-state index in [1.54, 1.807) is 19.2 Å². The SMILES string of the molecule is COc1cccc(CNS(=O)(=O)c2cc(Br)c(Br)s2)c1. The van der Waals surface area contributed by atoms with Crippen molar-refractivity contribution in [1.82, 2.24) is 4.72 Å². The number of hydrogen-bond acceptors (Lipinski definition) is 4. The summed E-state index contributed by atoms with van der Waals surface area (Å²) >= 11 is 7.72. The fraction of sp³-hybridized carbons (Fsp3) is 0.167. The molecule has 108 valence electrons. The maximum absolute atomic E-state index is 12.2. The molecule has 0 aliphatic heterocycles. The lowest BCUT2D eigenvalue weighted by Crippen LogP contribution is -2.22. The minimum absolute atomic E-state index is 0.215. The Kier molecular flexibility index (Phi) is 5.25. The Hall–Kier alpha value is -0.410. The van der Waals surface area contributed by atoms with Gasteiger partial charge in [0.2, 0.25) is 10.0 Å². The molecule has 1 aromatic carbocycles. The largest absolute Gasteiger partial charge is 0.497 e. The zero-order valence-electron chi connectivity index (χ0n) is 10.4. The van der Waals surface area contributed by atoms with Crippen LogP contribution in [-0.2, 0) is 16.6 Å². The molecule has 1 N–H and O–H groups in total. The van der Waals surface area contributed by atoms with Crippen molar-refractivity contribution in [3.05, 3.63) is 44.2 Å². The van der Waals surface area contributed by atoms with Crippen molar-refractivity contribution in [2.75, 3.05) is 7.11 Å². The lowest BCUT2D eigenvalue weighted by Gasteiger charge is -2.06. The molecule has 1 aromatic heterocycles. The minimum Gasteiger partial charge on any atom is -0.497 e. The molecule has 0 saturated carbocycles. The second kappa shape index (κ2) is 6.57. The van der Waals surface area contributed by atoms with Gasteiger partial charge < -0.3 is 4.74 Å². The van der Waals surface area contributed by atoms with Crippen LogP contribution in [0.5, 0.6) is 5.75 Å². The number of hydrogen-bond donors (Lipinski definition) is 1. The monoisotopic (exact) mass is 439 g/mol. The third-order valence-electron chi connectivity index (χ3n) is 2.49. The molecule has 0 aliphatic rings. The number of benzene rings is 1. The zero-order chi connectivity index (χ0) is 14.8. The highest BCUT2D eigenvalue weighted by Gasteiger charge is 2.18. The van der Waals surface area contributed by atoms with Crippen LogP contribution in [0.1, 0.15) is 5.56 Å². The third kappa shape index (κ3) is 3.82. The van der Waals surface area contributed by atoms with Gasteiger partial charge in [0, 0.05) is 11.0 Å². The third-order valence-corrected chi connectivity index (χ3v) is 7.62. The Labute approximate surface area is 138 Å². The average molecular weight is 441 g/mol. The number of methoxy groups -OCH3 is 1. The fourth-order valence-electron chi connectivity index (χ4n) is 1.49. The summed E-state index contributed by atoms with van der Waals surface area (Å²) in [7, 11) is -1.94. The van der Waals surface area contributed by atoms with E-state index in [-0.39, 0.29) is 10.8 Å². The first-order valence-corrected chi connectivity index (χ1v) is 9.38. The van der Waals surface area contributed by atoms with Crippen LogP contribution < -0.4 is 9.46 Å². The van der Waals surface area contributed by atoms with E-state index in [2.05, 4.69) is 36.6 Å². The van der Waals surface area contributed by atoms with Crippen molar-refractivity contribution in [1.29, 1.82) is 0 Å². The van der Waals surface area contributed by atoms with Gasteiger partial charge in [-0.3, -0.25) is 0 Å². The van der Waals surface area contributed by atoms with Gasteiger partial charge in [-0.2, -0.15) is 0 Å². The molecule has 0 radical (unpaired) electrons. The molecule has 1 heterocycles. The summed E-state index contributed by atoms with van der Waals surface area (Å²) in [6, 6.07) is 8.84. The molecule has 8 heteroatoms. The Morgan fingerprint density at radius 1 is 1.30 bits per heavy atom. The van der Waals surface area contributed by atoms with E-state index in [1.807, 2.05) is 18.2 Å². The van der Waals surface area contributed by atoms with Gasteiger partial charge in [0.1, 0.15) is 9.96 Å². The lowest BCUT2D eigenvalue weighted by molar-refractivity contribution is 0.414. The van der Waals surface area contributed by atoms with E-state index >= 15 is 0 Å². The number of ether oxygens (including phenoxy) is 1. The lowest BCUT2D eigenvalue weighted by atomic mass is 10.2. The first-order chi connectivity index (χ1) is 9.42. The van der Waals surface area contributed by atoms with Gasteiger partial charge in [-0.25, -0.2) is 13.1 Å². The molecule has 0 spiro atoms. The van der Waals surface area contributed by atoms with Crippen LogP contribution in [0.15, 0.2) is 42.8 Å². The van der Waals surface area contributed by atoms with E-state index in [0.717, 1.165) is 25.2 Å². The molecule has 0 unspecified atom stereocenters. The van der Waals surface area contributed by atoms with Gasteiger partial charge in [-0.1, -0.05) is 12.1 Å². The van der Waals surface area contributed by atoms with Crippen molar-refractivity contribution in [2.45, 2.75) is 10.8 Å². The second-order valence-corrected chi connectivity index (χ2v) is 9.08. The quantitative estimate of drug-likeness (QED) is 0.769. The van der Waals surface area contributed by atoms with Crippen LogP contribution in [0.2, 0.25) is 0 Å². The Morgan fingerprint density at radius 3 is 2.65 bits per heavy atom. The summed E-state index contributed by atoms with van der Waals surface area (Å²) in [5.41, 5.74) is 0.836. The van der Waals surface area contributed by atoms with Crippen molar-refractivity contribution >= 4 is 53.2 Å². The fourth-order valence-corrected chi connectivity index (χ4v) is 5.37. The molecular weight excluding hydrogens is 430 g/mol. The average Bonchev–Trinajstić information content (AvgIpc) is 2.78. The summed E-state index contributed by atoms with van der Waals surface area (Å²) in [6.45, 7) is 0.215. The molecule has 2 rings (SSSR count). The summed E-state index contributed by atoms with van der Waals surface area (Å²) in [4.78, 5) is 0. The van der Waals surface area contributed by atoms with Crippen LogP contribution in [-0.4, -0.2) is 15.5 Å². The topological polar surface area (TPSA) is 55.4 Å². The predicted octanol–water partition coefficient (Wildman–Crippen LogP) is 3.76. The highest BCUT2D eigenvalue weighted by atomic mass is 79.9. The molecule has 20 heavy (non-hydrogen) atoms. The van der Waals surface area contributed by atoms with E-state index in [4.69, 9.17) is 4.74 Å². The number of halogens is 2. The number of rotatable bonds is 5. The molecule has 0 aliphatic carbocycles. The number of sulfonamides is 1. The predicted molar refractivity (Wildman–Crippen MR) is 86.7 cm³/mol. The normalized spacial score (nSPS) is 11.6. The standard InChI is InChI=1S/C12H11Br2NO3S2/c1-18-9-4-2-3-8(5-9)7-15-20(16,17)11-6-10(13)12(14)19-11/h2-6,15H,7H2,1H3. The van der Waals surface area contributed by atoms with Gasteiger partial charge >= 0.3 is 0 Å². The zero-order valence-corrected chi connectivity index (χ0v) is 15.2. The molecule has 0 atom stereocenters. The molecular formula is C12H11Br2NO3S2. The van der Waals surface area contributed by atoms with Crippen LogP contribution in [0, 0.1) is 0 Å². The summed E-state index contributed by atoms with van der Waals surface area (Å²) < 4.78 is 33.7. The van der Waals surface area contributed by atoms with E-state index in [9.17, 15) is 8.42 Å². The number of thiophene rings is 1. The maximum atomic E-state index is 12.2. The second-order valence-electron chi connectivity index (χ2n) is 3.86. The first kappa shape index (κ1) is 16.0. The van der Waals surface area contributed by atoms with Crippen LogP contribution >= 0.6 is 43.2 Å². The highest BCUT2D eigenvalue weighted by molar-refractivity contribution is 9.13. The van der Waals surface area contributed by atoms with Crippen molar-refractivity contribution in [3.8, 4) is 5.75 Å². The van der Waals surface area contributed by atoms with Crippen molar-refractivity contribution in [3.63, 3.8) is 0 Å². The molecule has 0 amide bonds.